The predicted octanol–water partition coefficient (Wildman–Crippen LogP) is 3.07. The van der Waals surface area contributed by atoms with Crippen LogP contribution in [0.15, 0.2) is 36.4 Å². The van der Waals surface area contributed by atoms with Gasteiger partial charge in [-0.2, -0.15) is 0 Å². The van der Waals surface area contributed by atoms with E-state index in [1.165, 1.54) is 0 Å². The van der Waals surface area contributed by atoms with Gasteiger partial charge in [0.1, 0.15) is 6.61 Å². The normalized spacial score (nSPS) is 10.4. The minimum Gasteiger partial charge on any atom is -0.458 e. The average molecular weight is 211 g/mol. The zero-order valence-corrected chi connectivity index (χ0v) is 8.62. The van der Waals surface area contributed by atoms with Crippen molar-refractivity contribution in [1.29, 1.82) is 0 Å². The maximum Gasteiger partial charge on any atom is 0.338 e. The smallest absolute Gasteiger partial charge is 0.338 e. The molecular weight excluding hydrogens is 200 g/mol. The molecule has 1 rings (SSSR count). The van der Waals surface area contributed by atoms with Crippen LogP contribution in [0.4, 0.5) is 0 Å². The van der Waals surface area contributed by atoms with Crippen LogP contribution in [0.2, 0.25) is 5.02 Å². The van der Waals surface area contributed by atoms with Gasteiger partial charge in [0.15, 0.2) is 0 Å². The van der Waals surface area contributed by atoms with Crippen LogP contribution in [0.1, 0.15) is 17.3 Å². The zero-order valence-electron chi connectivity index (χ0n) is 7.87. The topological polar surface area (TPSA) is 26.3 Å². The lowest BCUT2D eigenvalue weighted by atomic mass is 10.2. The highest BCUT2D eigenvalue weighted by Gasteiger charge is 2.05. The van der Waals surface area contributed by atoms with Crippen molar-refractivity contribution >= 4 is 17.6 Å². The molecule has 0 amide bonds. The van der Waals surface area contributed by atoms with Crippen LogP contribution >= 0.6 is 11.6 Å². The molecular formula is C11H11ClO2. The lowest BCUT2D eigenvalue weighted by molar-refractivity contribution is 0.0549. The van der Waals surface area contributed by atoms with Gasteiger partial charge in [-0.1, -0.05) is 29.8 Å². The molecule has 0 aliphatic carbocycles. The number of esters is 1. The summed E-state index contributed by atoms with van der Waals surface area (Å²) >= 11 is 5.73. The number of halogens is 1. The summed E-state index contributed by atoms with van der Waals surface area (Å²) in [5, 5.41) is 0.533. The molecule has 0 bridgehead atoms. The van der Waals surface area contributed by atoms with E-state index in [2.05, 4.69) is 0 Å². The highest BCUT2D eigenvalue weighted by Crippen LogP contribution is 2.11. The monoisotopic (exact) mass is 210 g/mol. The average Bonchev–Trinajstić information content (AvgIpc) is 2.18. The molecule has 0 saturated heterocycles. The van der Waals surface area contributed by atoms with E-state index in [0.717, 1.165) is 0 Å². The molecule has 0 spiro atoms. The first kappa shape index (κ1) is 10.8. The molecule has 0 saturated carbocycles. The third kappa shape index (κ3) is 3.23. The molecule has 14 heavy (non-hydrogen) atoms. The van der Waals surface area contributed by atoms with Crippen LogP contribution in [0.25, 0.3) is 0 Å². The van der Waals surface area contributed by atoms with E-state index in [9.17, 15) is 4.79 Å². The molecule has 0 aliphatic rings. The Morgan fingerprint density at radius 1 is 1.57 bits per heavy atom. The Hall–Kier alpha value is -1.28. The summed E-state index contributed by atoms with van der Waals surface area (Å²) in [4.78, 5) is 11.4. The molecule has 1 aromatic carbocycles. The molecule has 0 N–H and O–H groups in total. The summed E-state index contributed by atoms with van der Waals surface area (Å²) in [5.74, 6) is -0.356. The Labute approximate surface area is 88.1 Å². The Kier molecular flexibility index (Phi) is 4.20. The molecule has 0 aromatic heterocycles. The minimum atomic E-state index is -0.356. The van der Waals surface area contributed by atoms with Crippen LogP contribution in [0.5, 0.6) is 0 Å². The van der Waals surface area contributed by atoms with Gasteiger partial charge in [0.25, 0.3) is 0 Å². The summed E-state index contributed by atoms with van der Waals surface area (Å²) in [6.45, 7) is 2.16. The number of hydrogen-bond acceptors (Lipinski definition) is 2. The highest BCUT2D eigenvalue weighted by molar-refractivity contribution is 6.30. The zero-order chi connectivity index (χ0) is 10.4. The van der Waals surface area contributed by atoms with E-state index in [1.54, 1.807) is 30.3 Å². The van der Waals surface area contributed by atoms with Gasteiger partial charge in [-0.05, 0) is 25.1 Å². The van der Waals surface area contributed by atoms with E-state index >= 15 is 0 Å². The molecule has 0 unspecified atom stereocenters. The first-order valence-electron chi connectivity index (χ1n) is 4.28. The number of hydrogen-bond donors (Lipinski definition) is 0. The molecule has 3 heteroatoms. The van der Waals surface area contributed by atoms with Crippen molar-refractivity contribution in [3.63, 3.8) is 0 Å². The highest BCUT2D eigenvalue weighted by atomic mass is 35.5. The Morgan fingerprint density at radius 2 is 2.36 bits per heavy atom. The second kappa shape index (κ2) is 5.45. The molecule has 2 nitrogen and oxygen atoms in total. The van der Waals surface area contributed by atoms with Crippen molar-refractivity contribution in [2.45, 2.75) is 6.92 Å². The Balaban J connectivity index is 2.60. The van der Waals surface area contributed by atoms with Gasteiger partial charge in [0.2, 0.25) is 0 Å². The first-order chi connectivity index (χ1) is 6.74. The van der Waals surface area contributed by atoms with Crippen molar-refractivity contribution < 1.29 is 9.53 Å². The van der Waals surface area contributed by atoms with Crippen molar-refractivity contribution in [3.8, 4) is 0 Å². The summed E-state index contributed by atoms with van der Waals surface area (Å²) < 4.78 is 4.94. The van der Waals surface area contributed by atoms with E-state index in [4.69, 9.17) is 16.3 Å². The molecule has 1 aromatic rings. The summed E-state index contributed by atoms with van der Waals surface area (Å²) in [6.07, 6.45) is 3.59. The van der Waals surface area contributed by atoms with Crippen LogP contribution in [-0.4, -0.2) is 12.6 Å². The number of carbonyl (C=O) groups is 1. The quantitative estimate of drug-likeness (QED) is 0.566. The van der Waals surface area contributed by atoms with Gasteiger partial charge in [-0.15, -0.1) is 0 Å². The fourth-order valence-electron chi connectivity index (χ4n) is 0.919. The van der Waals surface area contributed by atoms with E-state index in [0.29, 0.717) is 17.2 Å². The second-order valence-corrected chi connectivity index (χ2v) is 3.11. The van der Waals surface area contributed by atoms with Crippen LogP contribution in [-0.2, 0) is 4.74 Å². The Morgan fingerprint density at radius 3 is 3.00 bits per heavy atom. The lowest BCUT2D eigenvalue weighted by Gasteiger charge is -2.01. The molecule has 74 valence electrons. The number of rotatable bonds is 3. The molecule has 0 radical (unpaired) electrons. The SMILES string of the molecule is CC=CCOC(=O)c1cccc(Cl)c1. The third-order valence-electron chi connectivity index (χ3n) is 1.61. The molecule has 0 fully saturated rings. The van der Waals surface area contributed by atoms with Gasteiger partial charge in [0, 0.05) is 5.02 Å². The largest absolute Gasteiger partial charge is 0.458 e. The predicted molar refractivity (Wildman–Crippen MR) is 56.5 cm³/mol. The van der Waals surface area contributed by atoms with Crippen LogP contribution in [0, 0.1) is 0 Å². The third-order valence-corrected chi connectivity index (χ3v) is 1.84. The lowest BCUT2D eigenvalue weighted by Crippen LogP contribution is -2.04. The van der Waals surface area contributed by atoms with E-state index in [1.807, 2.05) is 13.0 Å². The molecule has 0 atom stereocenters. The fraction of sp³-hybridized carbons (Fsp3) is 0.182. The number of carbonyl (C=O) groups excluding carboxylic acids is 1. The van der Waals surface area contributed by atoms with E-state index < -0.39 is 0 Å². The van der Waals surface area contributed by atoms with Gasteiger partial charge in [0.05, 0.1) is 5.56 Å². The van der Waals surface area contributed by atoms with Crippen LogP contribution < -0.4 is 0 Å². The summed E-state index contributed by atoms with van der Waals surface area (Å²) in [5.41, 5.74) is 0.474. The van der Waals surface area contributed by atoms with Gasteiger partial charge in [-0.3, -0.25) is 0 Å². The molecule has 0 aliphatic heterocycles. The van der Waals surface area contributed by atoms with Crippen molar-refractivity contribution in [2.75, 3.05) is 6.61 Å². The maximum absolute atomic E-state index is 11.4. The van der Waals surface area contributed by atoms with Crippen molar-refractivity contribution in [1.82, 2.24) is 0 Å². The van der Waals surface area contributed by atoms with Crippen molar-refractivity contribution in [2.24, 2.45) is 0 Å². The van der Waals surface area contributed by atoms with E-state index in [-0.39, 0.29) is 5.97 Å². The summed E-state index contributed by atoms with van der Waals surface area (Å²) in [6, 6.07) is 6.68. The minimum absolute atomic E-state index is 0.293. The number of benzene rings is 1. The molecule has 0 heterocycles. The van der Waals surface area contributed by atoms with Gasteiger partial charge >= 0.3 is 5.97 Å². The van der Waals surface area contributed by atoms with Gasteiger partial charge < -0.3 is 4.74 Å². The fourth-order valence-corrected chi connectivity index (χ4v) is 1.11. The van der Waals surface area contributed by atoms with Crippen molar-refractivity contribution in [3.05, 3.63) is 47.0 Å². The maximum atomic E-state index is 11.4. The summed E-state index contributed by atoms with van der Waals surface area (Å²) in [7, 11) is 0. The second-order valence-electron chi connectivity index (χ2n) is 2.68. The van der Waals surface area contributed by atoms with Crippen LogP contribution in [0.3, 0.4) is 0 Å². The first-order valence-corrected chi connectivity index (χ1v) is 4.65. The number of allylic oxidation sites excluding steroid dienone is 1. The number of ether oxygens (including phenoxy) is 1. The van der Waals surface area contributed by atoms with Gasteiger partial charge in [-0.25, -0.2) is 4.79 Å². The Bertz CT molecular complexity index is 345. The standard InChI is InChI=1S/C11H11ClO2/c1-2-3-7-14-11(13)9-5-4-6-10(12)8-9/h2-6,8H,7H2,1H3.